The molecule has 1 aliphatic heterocycles. The lowest BCUT2D eigenvalue weighted by atomic mass is 10.1. The van der Waals surface area contributed by atoms with Crippen molar-refractivity contribution in [3.63, 3.8) is 0 Å². The van der Waals surface area contributed by atoms with Crippen molar-refractivity contribution in [2.24, 2.45) is 0 Å². The van der Waals surface area contributed by atoms with Gasteiger partial charge >= 0.3 is 0 Å². The van der Waals surface area contributed by atoms with Gasteiger partial charge in [0.25, 0.3) is 0 Å². The van der Waals surface area contributed by atoms with Crippen LogP contribution in [0, 0.1) is 0 Å². The Bertz CT molecular complexity index is 479. The van der Waals surface area contributed by atoms with Gasteiger partial charge in [0, 0.05) is 24.9 Å². The zero-order valence-corrected chi connectivity index (χ0v) is 13.5. The van der Waals surface area contributed by atoms with Gasteiger partial charge in [-0.1, -0.05) is 6.07 Å². The molecule has 116 valence electrons. The number of amides is 2. The Labute approximate surface area is 129 Å². The van der Waals surface area contributed by atoms with E-state index in [1.165, 1.54) is 6.92 Å². The molecule has 0 aromatic carbocycles. The monoisotopic (exact) mass is 310 g/mol. The minimum absolute atomic E-state index is 0.0543. The topological polar surface area (TPSA) is 58.6 Å². The van der Waals surface area contributed by atoms with Crippen LogP contribution in [0.1, 0.15) is 38.1 Å². The molecule has 1 aliphatic rings. The molecule has 2 heterocycles. The Morgan fingerprint density at radius 1 is 1.43 bits per heavy atom. The van der Waals surface area contributed by atoms with Crippen molar-refractivity contribution >= 4 is 23.2 Å². The van der Waals surface area contributed by atoms with Gasteiger partial charge in [-0.2, -0.15) is 0 Å². The van der Waals surface area contributed by atoms with Crippen molar-refractivity contribution in [1.29, 1.82) is 0 Å². The third-order valence-electron chi connectivity index (χ3n) is 3.42. The molecule has 0 saturated carbocycles. The molecule has 0 aliphatic carbocycles. The Morgan fingerprint density at radius 3 is 2.62 bits per heavy atom. The summed E-state index contributed by atoms with van der Waals surface area (Å²) in [5.41, 5.74) is 0. The lowest BCUT2D eigenvalue weighted by Gasteiger charge is -2.36. The average molecular weight is 310 g/mol. The minimum Gasteiger partial charge on any atom is -0.372 e. The quantitative estimate of drug-likeness (QED) is 0.925. The molecule has 0 spiro atoms. The van der Waals surface area contributed by atoms with Crippen LogP contribution in [0.5, 0.6) is 0 Å². The van der Waals surface area contributed by atoms with Crippen LogP contribution in [-0.2, 0) is 14.3 Å². The van der Waals surface area contributed by atoms with Crippen molar-refractivity contribution in [3.05, 3.63) is 22.4 Å². The molecule has 6 heteroatoms. The van der Waals surface area contributed by atoms with Crippen LogP contribution in [0.4, 0.5) is 0 Å². The van der Waals surface area contributed by atoms with Crippen molar-refractivity contribution < 1.29 is 14.3 Å². The number of nitrogens with zero attached hydrogens (tertiary/aromatic N) is 1. The third-order valence-corrected chi connectivity index (χ3v) is 4.40. The molecular formula is C15H22N2O3S. The summed E-state index contributed by atoms with van der Waals surface area (Å²) >= 11 is 1.55. The van der Waals surface area contributed by atoms with Crippen molar-refractivity contribution in [3.8, 4) is 0 Å². The fourth-order valence-corrected chi connectivity index (χ4v) is 3.42. The first-order valence-electron chi connectivity index (χ1n) is 7.19. The van der Waals surface area contributed by atoms with E-state index < -0.39 is 0 Å². The number of hydrogen-bond donors (Lipinski definition) is 1. The summed E-state index contributed by atoms with van der Waals surface area (Å²) in [5, 5.41) is 4.82. The average Bonchev–Trinajstić information content (AvgIpc) is 2.89. The molecule has 1 fully saturated rings. The standard InChI is InChI=1S/C15H22N2O3S/c1-10-8-17(9-11(2)20-10)15(19)7-13(16-12(3)18)14-5-4-6-21-14/h4-6,10-11,13H,7-9H2,1-3H3,(H,16,18)/t10-,11-,13+/m0/s1. The number of ether oxygens (including phenoxy) is 1. The lowest BCUT2D eigenvalue weighted by molar-refractivity contribution is -0.143. The van der Waals surface area contributed by atoms with Gasteiger partial charge in [-0.3, -0.25) is 9.59 Å². The summed E-state index contributed by atoms with van der Waals surface area (Å²) in [7, 11) is 0. The van der Waals surface area contributed by atoms with E-state index in [1.807, 2.05) is 36.3 Å². The first-order chi connectivity index (χ1) is 9.95. The Kier molecular flexibility index (Phi) is 5.36. The second-order valence-corrected chi connectivity index (χ2v) is 6.51. The van der Waals surface area contributed by atoms with Gasteiger partial charge in [-0.15, -0.1) is 11.3 Å². The van der Waals surface area contributed by atoms with E-state index in [0.717, 1.165) is 4.88 Å². The summed E-state index contributed by atoms with van der Waals surface area (Å²) < 4.78 is 5.65. The maximum Gasteiger partial charge on any atom is 0.225 e. The Balaban J connectivity index is 2.02. The zero-order valence-electron chi connectivity index (χ0n) is 12.7. The van der Waals surface area contributed by atoms with E-state index in [-0.39, 0.29) is 30.1 Å². The lowest BCUT2D eigenvalue weighted by Crippen LogP contribution is -2.49. The summed E-state index contributed by atoms with van der Waals surface area (Å²) in [6.07, 6.45) is 0.400. The maximum atomic E-state index is 12.5. The van der Waals surface area contributed by atoms with Crippen LogP contribution < -0.4 is 5.32 Å². The number of rotatable bonds is 4. The number of morpholine rings is 1. The van der Waals surface area contributed by atoms with E-state index in [4.69, 9.17) is 4.74 Å². The Hall–Kier alpha value is -1.40. The molecule has 2 rings (SSSR count). The van der Waals surface area contributed by atoms with Gasteiger partial charge in [0.1, 0.15) is 0 Å². The largest absolute Gasteiger partial charge is 0.372 e. The van der Waals surface area contributed by atoms with E-state index in [1.54, 1.807) is 11.3 Å². The molecular weight excluding hydrogens is 288 g/mol. The van der Waals surface area contributed by atoms with Gasteiger partial charge in [-0.05, 0) is 25.3 Å². The van der Waals surface area contributed by atoms with Crippen LogP contribution in [-0.4, -0.2) is 42.0 Å². The van der Waals surface area contributed by atoms with Crippen LogP contribution in [0.2, 0.25) is 0 Å². The van der Waals surface area contributed by atoms with Crippen LogP contribution in [0.3, 0.4) is 0 Å². The van der Waals surface area contributed by atoms with E-state index in [9.17, 15) is 9.59 Å². The van der Waals surface area contributed by atoms with Gasteiger partial charge in [0.2, 0.25) is 11.8 Å². The first kappa shape index (κ1) is 16.0. The van der Waals surface area contributed by atoms with Crippen LogP contribution in [0.15, 0.2) is 17.5 Å². The van der Waals surface area contributed by atoms with Crippen LogP contribution in [0.25, 0.3) is 0 Å². The summed E-state index contributed by atoms with van der Waals surface area (Å²) in [5.74, 6) is -0.0611. The SMILES string of the molecule is CC(=O)N[C@H](CC(=O)N1C[C@H](C)O[C@@H](C)C1)c1cccs1. The van der Waals surface area contributed by atoms with Crippen molar-refractivity contribution in [2.75, 3.05) is 13.1 Å². The third kappa shape index (κ3) is 4.54. The smallest absolute Gasteiger partial charge is 0.225 e. The second-order valence-electron chi connectivity index (χ2n) is 5.53. The number of nitrogens with one attached hydrogen (secondary N) is 1. The van der Waals surface area contributed by atoms with Crippen molar-refractivity contribution in [1.82, 2.24) is 10.2 Å². The fraction of sp³-hybridized carbons (Fsp3) is 0.600. The molecule has 1 aromatic rings. The molecule has 21 heavy (non-hydrogen) atoms. The highest BCUT2D eigenvalue weighted by molar-refractivity contribution is 7.10. The molecule has 0 bridgehead atoms. The van der Waals surface area contributed by atoms with E-state index in [2.05, 4.69) is 5.32 Å². The minimum atomic E-state index is -0.247. The summed E-state index contributed by atoms with van der Waals surface area (Å²) in [6, 6.07) is 3.63. The first-order valence-corrected chi connectivity index (χ1v) is 8.07. The molecule has 3 atom stereocenters. The number of carbonyl (C=O) groups excluding carboxylic acids is 2. The molecule has 1 aromatic heterocycles. The van der Waals surface area contributed by atoms with E-state index in [0.29, 0.717) is 19.5 Å². The van der Waals surface area contributed by atoms with Crippen LogP contribution >= 0.6 is 11.3 Å². The summed E-state index contributed by atoms with van der Waals surface area (Å²) in [6.45, 7) is 6.64. The fourth-order valence-electron chi connectivity index (χ4n) is 2.64. The molecule has 5 nitrogen and oxygen atoms in total. The number of thiophene rings is 1. The number of hydrogen-bond acceptors (Lipinski definition) is 4. The second kappa shape index (κ2) is 7.04. The maximum absolute atomic E-state index is 12.5. The van der Waals surface area contributed by atoms with E-state index >= 15 is 0 Å². The normalized spacial score (nSPS) is 23.7. The summed E-state index contributed by atoms with van der Waals surface area (Å²) in [4.78, 5) is 26.7. The Morgan fingerprint density at radius 2 is 2.10 bits per heavy atom. The molecule has 0 radical (unpaired) electrons. The highest BCUT2D eigenvalue weighted by atomic mass is 32.1. The molecule has 1 saturated heterocycles. The predicted molar refractivity (Wildman–Crippen MR) is 82.1 cm³/mol. The molecule has 2 amide bonds. The molecule has 1 N–H and O–H groups in total. The van der Waals surface area contributed by atoms with Crippen molar-refractivity contribution in [2.45, 2.75) is 45.4 Å². The van der Waals surface area contributed by atoms with Gasteiger partial charge in [-0.25, -0.2) is 0 Å². The van der Waals surface area contributed by atoms with Gasteiger partial charge in [0.15, 0.2) is 0 Å². The predicted octanol–water partition coefficient (Wildman–Crippen LogP) is 1.95. The zero-order chi connectivity index (χ0) is 15.4. The van der Waals surface area contributed by atoms with Gasteiger partial charge < -0.3 is 15.0 Å². The number of carbonyl (C=O) groups is 2. The van der Waals surface area contributed by atoms with Gasteiger partial charge in [0.05, 0.1) is 24.7 Å². The highest BCUT2D eigenvalue weighted by Gasteiger charge is 2.28. The highest BCUT2D eigenvalue weighted by Crippen LogP contribution is 2.23. The molecule has 0 unspecified atom stereocenters.